The summed E-state index contributed by atoms with van der Waals surface area (Å²) in [4.78, 5) is 38.2. The van der Waals surface area contributed by atoms with E-state index < -0.39 is 6.10 Å². The van der Waals surface area contributed by atoms with E-state index in [0.717, 1.165) is 161 Å². The fraction of sp³-hybridized carbons (Fsp3) is 0.638. The number of rotatable bonds is 54. The number of allylic oxidation sites excluding steroid dienone is 22. The molecule has 0 aromatic carbocycles. The molecule has 0 spiro atoms. The van der Waals surface area contributed by atoms with Crippen LogP contribution in [0.5, 0.6) is 0 Å². The van der Waals surface area contributed by atoms with Crippen LogP contribution in [0.3, 0.4) is 0 Å². The predicted molar refractivity (Wildman–Crippen MR) is 325 cm³/mol. The van der Waals surface area contributed by atoms with Crippen LogP contribution in [-0.2, 0) is 28.6 Å². The quantitative estimate of drug-likeness (QED) is 0.0261. The number of carbonyl (C=O) groups is 3. The Morgan fingerprint density at radius 2 is 0.520 bits per heavy atom. The van der Waals surface area contributed by atoms with Gasteiger partial charge in [0.2, 0.25) is 0 Å². The first-order valence-corrected chi connectivity index (χ1v) is 30.7. The maximum Gasteiger partial charge on any atom is 0.306 e. The van der Waals surface area contributed by atoms with Crippen LogP contribution in [0.15, 0.2) is 134 Å². The molecule has 6 nitrogen and oxygen atoms in total. The van der Waals surface area contributed by atoms with Gasteiger partial charge in [0.1, 0.15) is 13.2 Å². The topological polar surface area (TPSA) is 78.9 Å². The first-order valence-electron chi connectivity index (χ1n) is 30.7. The number of unbranched alkanes of at least 4 members (excludes halogenated alkanes) is 21. The van der Waals surface area contributed by atoms with E-state index in [2.05, 4.69) is 154 Å². The Kier molecular flexibility index (Phi) is 58.4. The molecule has 1 atom stereocenters. The van der Waals surface area contributed by atoms with Crippen LogP contribution < -0.4 is 0 Å². The second-order valence-electron chi connectivity index (χ2n) is 19.9. The second-order valence-corrected chi connectivity index (χ2v) is 19.9. The summed E-state index contributed by atoms with van der Waals surface area (Å²) < 4.78 is 16.9. The van der Waals surface area contributed by atoms with Gasteiger partial charge in [0.15, 0.2) is 6.10 Å². The van der Waals surface area contributed by atoms with Crippen LogP contribution in [-0.4, -0.2) is 37.2 Å². The van der Waals surface area contributed by atoms with Crippen LogP contribution in [0, 0.1) is 0 Å². The minimum absolute atomic E-state index is 0.0923. The zero-order valence-corrected chi connectivity index (χ0v) is 48.5. The highest BCUT2D eigenvalue weighted by atomic mass is 16.6. The van der Waals surface area contributed by atoms with E-state index in [-0.39, 0.29) is 31.1 Å². The highest BCUT2D eigenvalue weighted by Gasteiger charge is 2.19. The highest BCUT2D eigenvalue weighted by molar-refractivity contribution is 5.71. The number of hydrogen-bond acceptors (Lipinski definition) is 6. The van der Waals surface area contributed by atoms with Crippen LogP contribution in [0.4, 0.5) is 0 Å². The van der Waals surface area contributed by atoms with E-state index >= 15 is 0 Å². The van der Waals surface area contributed by atoms with Gasteiger partial charge in [-0.2, -0.15) is 0 Å². The zero-order valence-electron chi connectivity index (χ0n) is 48.5. The molecule has 0 radical (unpaired) electrons. The summed E-state index contributed by atoms with van der Waals surface area (Å²) in [6.45, 7) is 6.38. The Labute approximate surface area is 462 Å². The molecule has 0 saturated carbocycles. The van der Waals surface area contributed by atoms with Gasteiger partial charge in [-0.1, -0.05) is 264 Å². The fourth-order valence-electron chi connectivity index (χ4n) is 8.12. The Bertz CT molecular complexity index is 1620. The molecular formula is C69H112O6. The lowest BCUT2D eigenvalue weighted by Gasteiger charge is -2.18. The molecule has 0 heterocycles. The van der Waals surface area contributed by atoms with Crippen molar-refractivity contribution in [2.75, 3.05) is 13.2 Å². The molecule has 1 unspecified atom stereocenters. The van der Waals surface area contributed by atoms with Gasteiger partial charge >= 0.3 is 17.9 Å². The van der Waals surface area contributed by atoms with Crippen molar-refractivity contribution in [1.29, 1.82) is 0 Å². The lowest BCUT2D eigenvalue weighted by atomic mass is 10.1. The molecule has 0 N–H and O–H groups in total. The Morgan fingerprint density at radius 1 is 0.280 bits per heavy atom. The SMILES string of the molecule is CC/C=C\C/C=C\C/C=C\C/C=C\C/C=C\C/C=C\C/C=C\CCCCCCCC(=O)OCC(COC(=O)CCCCCCCCCCCCC)OC(=O)CCCCCCCC/C=C\C/C=C\C/C=C\C/C=C\CC. The summed E-state index contributed by atoms with van der Waals surface area (Å²) in [5.41, 5.74) is 0. The molecule has 0 aromatic heterocycles. The van der Waals surface area contributed by atoms with Crippen molar-refractivity contribution >= 4 is 17.9 Å². The highest BCUT2D eigenvalue weighted by Crippen LogP contribution is 2.15. The third-order valence-electron chi connectivity index (χ3n) is 12.7. The number of esters is 3. The van der Waals surface area contributed by atoms with E-state index in [9.17, 15) is 14.4 Å². The Morgan fingerprint density at radius 3 is 0.813 bits per heavy atom. The maximum absolute atomic E-state index is 12.9. The molecule has 0 aromatic rings. The van der Waals surface area contributed by atoms with Gasteiger partial charge in [0.25, 0.3) is 0 Å². The van der Waals surface area contributed by atoms with E-state index in [1.807, 2.05) is 0 Å². The molecule has 0 aliphatic carbocycles. The minimum Gasteiger partial charge on any atom is -0.462 e. The predicted octanol–water partition coefficient (Wildman–Crippen LogP) is 21.0. The third-order valence-corrected chi connectivity index (χ3v) is 12.7. The molecule has 75 heavy (non-hydrogen) atoms. The number of carbonyl (C=O) groups excluding carboxylic acids is 3. The maximum atomic E-state index is 12.9. The van der Waals surface area contributed by atoms with Crippen molar-refractivity contribution < 1.29 is 28.6 Å². The zero-order chi connectivity index (χ0) is 54.3. The van der Waals surface area contributed by atoms with Crippen molar-refractivity contribution in [3.05, 3.63) is 134 Å². The van der Waals surface area contributed by atoms with E-state index in [4.69, 9.17) is 14.2 Å². The minimum atomic E-state index is -0.798. The van der Waals surface area contributed by atoms with Gasteiger partial charge in [-0.3, -0.25) is 14.4 Å². The van der Waals surface area contributed by atoms with Gasteiger partial charge in [0.05, 0.1) is 0 Å². The molecule has 0 bridgehead atoms. The average molecular weight is 1040 g/mol. The third kappa shape index (κ3) is 60.3. The number of ether oxygens (including phenoxy) is 3. The van der Waals surface area contributed by atoms with Gasteiger partial charge < -0.3 is 14.2 Å². The van der Waals surface area contributed by atoms with Crippen LogP contribution in [0.25, 0.3) is 0 Å². The van der Waals surface area contributed by atoms with Gasteiger partial charge in [0, 0.05) is 19.3 Å². The van der Waals surface area contributed by atoms with Crippen molar-refractivity contribution in [1.82, 2.24) is 0 Å². The van der Waals surface area contributed by atoms with E-state index in [0.29, 0.717) is 19.3 Å². The summed E-state index contributed by atoms with van der Waals surface area (Å²) in [7, 11) is 0. The standard InChI is InChI=1S/C69H112O6/c1-4-7-10-13-16-19-22-24-26-28-30-31-32-33-34-35-36-37-39-40-42-44-47-50-53-56-59-62-68(71)74-65-66(64-73-67(70)61-58-55-52-49-46-21-18-15-12-9-6-3)75-69(72)63-60-57-54-51-48-45-43-41-38-29-27-25-23-20-17-14-11-8-5-2/h7-8,10-11,16-17,19-20,24-27,30-31,33-34,36-38,40-42,66H,4-6,9,12-15,18,21-23,28-29,32,35,39,43-65H2,1-3H3/b10-7-,11-8-,19-16-,20-17-,26-24-,27-25-,31-30-,34-33-,37-36-,41-38-,42-40-. The average Bonchev–Trinajstić information content (AvgIpc) is 3.41. The van der Waals surface area contributed by atoms with Crippen LogP contribution in [0.2, 0.25) is 0 Å². The molecule has 0 fully saturated rings. The molecule has 0 aliphatic heterocycles. The molecular weight excluding hydrogens is 925 g/mol. The molecule has 0 aliphatic rings. The summed E-state index contributed by atoms with van der Waals surface area (Å²) >= 11 is 0. The summed E-state index contributed by atoms with van der Waals surface area (Å²) in [5, 5.41) is 0. The molecule has 0 saturated heterocycles. The smallest absolute Gasteiger partial charge is 0.306 e. The van der Waals surface area contributed by atoms with Gasteiger partial charge in [-0.15, -0.1) is 0 Å². The number of hydrogen-bond donors (Lipinski definition) is 0. The largest absolute Gasteiger partial charge is 0.462 e. The molecule has 0 rings (SSSR count). The van der Waals surface area contributed by atoms with Crippen LogP contribution in [0.1, 0.15) is 265 Å². The van der Waals surface area contributed by atoms with Crippen molar-refractivity contribution in [3.63, 3.8) is 0 Å². The van der Waals surface area contributed by atoms with Gasteiger partial charge in [-0.25, -0.2) is 0 Å². The molecule has 424 valence electrons. The fourth-order valence-corrected chi connectivity index (χ4v) is 8.12. The van der Waals surface area contributed by atoms with Gasteiger partial charge in [-0.05, 0) is 116 Å². The van der Waals surface area contributed by atoms with E-state index in [1.54, 1.807) is 0 Å². The lowest BCUT2D eigenvalue weighted by molar-refractivity contribution is -0.167. The normalized spacial score (nSPS) is 13.1. The monoisotopic (exact) mass is 1040 g/mol. The Balaban J connectivity index is 4.38. The van der Waals surface area contributed by atoms with Crippen molar-refractivity contribution in [2.45, 2.75) is 271 Å². The second kappa shape index (κ2) is 62.1. The molecule has 0 amide bonds. The first kappa shape index (κ1) is 70.5. The molecule has 6 heteroatoms. The van der Waals surface area contributed by atoms with E-state index in [1.165, 1.54) is 64.2 Å². The van der Waals surface area contributed by atoms with Crippen LogP contribution >= 0.6 is 0 Å². The Hall–Kier alpha value is -4.45. The summed E-state index contributed by atoms with van der Waals surface area (Å²) in [5.74, 6) is -0.927. The van der Waals surface area contributed by atoms with Crippen molar-refractivity contribution in [2.24, 2.45) is 0 Å². The summed E-state index contributed by atoms with van der Waals surface area (Å²) in [6, 6.07) is 0. The first-order chi connectivity index (χ1) is 37.0. The summed E-state index contributed by atoms with van der Waals surface area (Å²) in [6.07, 6.45) is 87.3. The lowest BCUT2D eigenvalue weighted by Crippen LogP contribution is -2.30. The van der Waals surface area contributed by atoms with Crippen molar-refractivity contribution in [3.8, 4) is 0 Å².